The molecule has 0 aromatic carbocycles. The molecule has 0 saturated carbocycles. The Morgan fingerprint density at radius 3 is 2.91 bits per heavy atom. The molecule has 3 nitrogen and oxygen atoms in total. The van der Waals surface area contributed by atoms with E-state index in [-0.39, 0.29) is 12.4 Å². The van der Waals surface area contributed by atoms with Crippen molar-refractivity contribution in [1.29, 1.82) is 0 Å². The summed E-state index contributed by atoms with van der Waals surface area (Å²) in [7, 11) is 0. The van der Waals surface area contributed by atoms with Gasteiger partial charge in [0.1, 0.15) is 0 Å². The van der Waals surface area contributed by atoms with E-state index in [4.69, 9.17) is 5.73 Å². The summed E-state index contributed by atoms with van der Waals surface area (Å²) in [6, 6.07) is 0.752. The molecule has 0 saturated heterocycles. The lowest BCUT2D eigenvalue weighted by molar-refractivity contribution is 1.24. The highest BCUT2D eigenvalue weighted by molar-refractivity contribution is 6.24. The second kappa shape index (κ2) is 2.98. The predicted octanol–water partition coefficient (Wildman–Crippen LogP) is 0.835. The van der Waals surface area contributed by atoms with Gasteiger partial charge in [0.25, 0.3) is 0 Å². The van der Waals surface area contributed by atoms with E-state index in [2.05, 4.69) is 10.2 Å². The monoisotopic (exact) mass is 168 g/mol. The molecule has 0 aromatic rings. The molecule has 11 heavy (non-hydrogen) atoms. The average molecular weight is 169 g/mol. The van der Waals surface area contributed by atoms with E-state index < -0.39 is 0 Å². The Kier molecular flexibility index (Phi) is 2.22. The van der Waals surface area contributed by atoms with Crippen LogP contribution in [0.2, 0.25) is 0 Å². The molecule has 0 aromatic heterocycles. The van der Waals surface area contributed by atoms with Crippen LogP contribution in [-0.4, -0.2) is 11.9 Å². The molecule has 0 amide bonds. The second-order valence-electron chi connectivity index (χ2n) is 2.16. The van der Waals surface area contributed by atoms with E-state index in [1.807, 2.05) is 18.2 Å². The first-order chi connectivity index (χ1) is 4.86. The Morgan fingerprint density at radius 1 is 1.27 bits per heavy atom. The predicted molar refractivity (Wildman–Crippen MR) is 47.8 cm³/mol. The fraction of sp³-hybridized carbons (Fsp3) is 0. The van der Waals surface area contributed by atoms with Crippen molar-refractivity contribution < 1.29 is 0 Å². The Balaban J connectivity index is 0.000000605. The summed E-state index contributed by atoms with van der Waals surface area (Å²) >= 11 is 0. The van der Waals surface area contributed by atoms with Crippen LogP contribution in [0.25, 0.3) is 0 Å². The molecule has 0 spiro atoms. The summed E-state index contributed by atoms with van der Waals surface area (Å²) in [4.78, 5) is 0. The molecule has 2 aliphatic rings. The highest BCUT2D eigenvalue weighted by Gasteiger charge is 2.12. The zero-order valence-electron chi connectivity index (χ0n) is 5.69. The number of hydrogen-bond acceptors (Lipinski definition) is 3. The van der Waals surface area contributed by atoms with Gasteiger partial charge in [0.2, 0.25) is 0 Å². The van der Waals surface area contributed by atoms with Gasteiger partial charge in [-0.05, 0) is 12.2 Å². The maximum atomic E-state index is 5.53. The zero-order valence-corrected chi connectivity index (χ0v) is 6.51. The molecule has 0 atom stereocenters. The molecule has 1 aliphatic carbocycles. The molecule has 1 aliphatic heterocycles. The van der Waals surface area contributed by atoms with Gasteiger partial charge in [0.15, 0.2) is 0 Å². The van der Waals surface area contributed by atoms with Gasteiger partial charge in [-0.2, -0.15) is 10.2 Å². The summed E-state index contributed by atoms with van der Waals surface area (Å²) in [5.74, 6) is 0. The van der Waals surface area contributed by atoms with E-state index >= 15 is 0 Å². The molecule has 1 heterocycles. The fourth-order valence-corrected chi connectivity index (χ4v) is 0.921. The van der Waals surface area contributed by atoms with Gasteiger partial charge in [-0.15, -0.1) is 12.4 Å². The van der Waals surface area contributed by atoms with Gasteiger partial charge < -0.3 is 5.73 Å². The number of hydrogen-bond donors (Lipinski definition) is 1. The smallest absolute Gasteiger partial charge is 0.0940 e. The number of halogens is 1. The molecule has 0 unspecified atom stereocenters. The SMILES string of the molecule is Cl.N[C]1C=CC2=NN=CC2=C1. The van der Waals surface area contributed by atoms with Gasteiger partial charge >= 0.3 is 0 Å². The minimum atomic E-state index is 0. The van der Waals surface area contributed by atoms with E-state index in [1.165, 1.54) is 0 Å². The summed E-state index contributed by atoms with van der Waals surface area (Å²) in [6.07, 6.45) is 7.23. The van der Waals surface area contributed by atoms with E-state index in [1.54, 1.807) is 6.21 Å². The highest BCUT2D eigenvalue weighted by Crippen LogP contribution is 2.14. The van der Waals surface area contributed by atoms with Gasteiger partial charge in [-0.25, -0.2) is 0 Å². The lowest BCUT2D eigenvalue weighted by Gasteiger charge is -2.05. The minimum Gasteiger partial charge on any atom is -0.317 e. The van der Waals surface area contributed by atoms with E-state index in [9.17, 15) is 0 Å². The van der Waals surface area contributed by atoms with Crippen LogP contribution in [0.1, 0.15) is 0 Å². The molecular weight excluding hydrogens is 162 g/mol. The van der Waals surface area contributed by atoms with Crippen LogP contribution in [0.15, 0.2) is 34.0 Å². The number of nitrogens with zero attached hydrogens (tertiary/aromatic N) is 2. The van der Waals surface area contributed by atoms with Crippen molar-refractivity contribution in [3.05, 3.63) is 29.8 Å². The van der Waals surface area contributed by atoms with Crippen molar-refractivity contribution >= 4 is 24.3 Å². The lowest BCUT2D eigenvalue weighted by Crippen LogP contribution is -2.11. The summed E-state index contributed by atoms with van der Waals surface area (Å²) in [5.41, 5.74) is 7.42. The zero-order chi connectivity index (χ0) is 6.97. The summed E-state index contributed by atoms with van der Waals surface area (Å²) < 4.78 is 0. The quantitative estimate of drug-likeness (QED) is 0.573. The molecule has 0 fully saturated rings. The van der Waals surface area contributed by atoms with Crippen molar-refractivity contribution in [2.24, 2.45) is 15.9 Å². The average Bonchev–Trinajstić information content (AvgIpc) is 2.33. The van der Waals surface area contributed by atoms with Crippen molar-refractivity contribution in [1.82, 2.24) is 0 Å². The van der Waals surface area contributed by atoms with E-state index in [0.717, 1.165) is 17.3 Å². The molecule has 0 bridgehead atoms. The third-order valence-corrected chi connectivity index (χ3v) is 1.41. The molecular formula is C7H7ClN3. The topological polar surface area (TPSA) is 50.7 Å². The Bertz CT molecular complexity index is 275. The van der Waals surface area contributed by atoms with Gasteiger partial charge in [0, 0.05) is 5.57 Å². The maximum Gasteiger partial charge on any atom is 0.0940 e. The van der Waals surface area contributed by atoms with E-state index in [0.29, 0.717) is 0 Å². The highest BCUT2D eigenvalue weighted by atomic mass is 35.5. The first-order valence-corrected chi connectivity index (χ1v) is 3.00. The van der Waals surface area contributed by atoms with Crippen LogP contribution in [0.3, 0.4) is 0 Å². The van der Waals surface area contributed by atoms with Crippen molar-refractivity contribution in [3.63, 3.8) is 0 Å². The minimum absolute atomic E-state index is 0. The van der Waals surface area contributed by atoms with Crippen molar-refractivity contribution in [3.8, 4) is 0 Å². The third kappa shape index (κ3) is 1.39. The first-order valence-electron chi connectivity index (χ1n) is 3.00. The molecule has 1 radical (unpaired) electrons. The molecule has 2 N–H and O–H groups in total. The van der Waals surface area contributed by atoms with Crippen LogP contribution in [-0.2, 0) is 0 Å². The Hall–Kier alpha value is -0.930. The van der Waals surface area contributed by atoms with Gasteiger partial charge in [0.05, 0.1) is 18.0 Å². The standard InChI is InChI=1S/C7H6N3.ClH/c8-6-1-2-7-5(3-6)4-9-10-7;/h1-4H,8H2;1H. The Morgan fingerprint density at radius 2 is 2.09 bits per heavy atom. The van der Waals surface area contributed by atoms with Gasteiger partial charge in [-0.3, -0.25) is 0 Å². The maximum absolute atomic E-state index is 5.53. The summed E-state index contributed by atoms with van der Waals surface area (Å²) in [6.45, 7) is 0. The van der Waals surface area contributed by atoms with Crippen LogP contribution in [0, 0.1) is 6.04 Å². The van der Waals surface area contributed by atoms with Crippen LogP contribution < -0.4 is 5.73 Å². The van der Waals surface area contributed by atoms with Crippen LogP contribution in [0.4, 0.5) is 0 Å². The van der Waals surface area contributed by atoms with Crippen molar-refractivity contribution in [2.45, 2.75) is 0 Å². The number of nitrogens with two attached hydrogens (primary N) is 1. The fourth-order valence-electron chi connectivity index (χ4n) is 0.921. The second-order valence-corrected chi connectivity index (χ2v) is 2.16. The largest absolute Gasteiger partial charge is 0.317 e. The normalized spacial score (nSPS) is 20.5. The molecule has 57 valence electrons. The molecule has 2 rings (SSSR count). The van der Waals surface area contributed by atoms with Gasteiger partial charge in [-0.1, -0.05) is 6.08 Å². The number of fused-ring (bicyclic) bond motifs is 1. The number of rotatable bonds is 0. The first kappa shape index (κ1) is 8.17. The van der Waals surface area contributed by atoms with Crippen LogP contribution in [0.5, 0.6) is 0 Å². The van der Waals surface area contributed by atoms with Crippen LogP contribution >= 0.6 is 12.4 Å². The third-order valence-electron chi connectivity index (χ3n) is 1.41. The lowest BCUT2D eigenvalue weighted by atomic mass is 10.0. The summed E-state index contributed by atoms with van der Waals surface area (Å²) in [5, 5.41) is 7.59. The Labute approximate surface area is 70.8 Å². The number of allylic oxidation sites excluding steroid dienone is 2. The van der Waals surface area contributed by atoms with Crippen molar-refractivity contribution in [2.75, 3.05) is 0 Å². The molecule has 4 heteroatoms.